The lowest BCUT2D eigenvalue weighted by Gasteiger charge is -2.22. The first-order valence-electron chi connectivity index (χ1n) is 6.95. The maximum absolute atomic E-state index is 12.5. The molecule has 2 N–H and O–H groups in total. The molecule has 0 saturated heterocycles. The van der Waals surface area contributed by atoms with E-state index < -0.39 is 0 Å². The van der Waals surface area contributed by atoms with E-state index in [2.05, 4.69) is 4.98 Å². The number of hydrogen-bond donors (Lipinski definition) is 1. The van der Waals surface area contributed by atoms with Crippen molar-refractivity contribution in [1.82, 2.24) is 9.88 Å². The third-order valence-electron chi connectivity index (χ3n) is 2.82. The summed E-state index contributed by atoms with van der Waals surface area (Å²) in [5, 5.41) is 0.274. The van der Waals surface area contributed by atoms with Crippen molar-refractivity contribution < 1.29 is 14.3 Å². The van der Waals surface area contributed by atoms with Crippen LogP contribution in [0.25, 0.3) is 0 Å². The lowest BCUT2D eigenvalue weighted by atomic mass is 10.2. The summed E-state index contributed by atoms with van der Waals surface area (Å²) in [6.45, 7) is 6.98. The summed E-state index contributed by atoms with van der Waals surface area (Å²) in [5.41, 5.74) is 5.96. The molecule has 7 heteroatoms. The van der Waals surface area contributed by atoms with Gasteiger partial charge in [0.05, 0.1) is 23.8 Å². The minimum atomic E-state index is -0.163. The van der Waals surface area contributed by atoms with E-state index in [4.69, 9.17) is 26.8 Å². The van der Waals surface area contributed by atoms with Crippen molar-refractivity contribution in [3.8, 4) is 0 Å². The second kappa shape index (κ2) is 9.55. The zero-order chi connectivity index (χ0) is 15.7. The van der Waals surface area contributed by atoms with Crippen LogP contribution in [0.2, 0.25) is 5.02 Å². The zero-order valence-electron chi connectivity index (χ0n) is 12.5. The molecule has 0 atom stereocenters. The lowest BCUT2D eigenvalue weighted by molar-refractivity contribution is 0.0550. The number of ether oxygens (including phenoxy) is 2. The van der Waals surface area contributed by atoms with Gasteiger partial charge in [-0.15, -0.1) is 0 Å². The number of amides is 1. The van der Waals surface area contributed by atoms with Crippen molar-refractivity contribution in [2.75, 3.05) is 45.3 Å². The largest absolute Gasteiger partial charge is 0.382 e. The van der Waals surface area contributed by atoms with Crippen molar-refractivity contribution in [3.63, 3.8) is 0 Å². The second-order valence-electron chi connectivity index (χ2n) is 4.28. The molecule has 118 valence electrons. The molecular weight excluding hydrogens is 294 g/mol. The number of anilines is 1. The van der Waals surface area contributed by atoms with Gasteiger partial charge < -0.3 is 20.1 Å². The van der Waals surface area contributed by atoms with E-state index in [-0.39, 0.29) is 16.7 Å². The van der Waals surface area contributed by atoms with E-state index in [0.717, 1.165) is 0 Å². The smallest absolute Gasteiger partial charge is 0.255 e. The number of carbonyl (C=O) groups is 1. The third kappa shape index (κ3) is 5.87. The monoisotopic (exact) mass is 315 g/mol. The van der Waals surface area contributed by atoms with Crippen LogP contribution in [0.3, 0.4) is 0 Å². The molecule has 6 nitrogen and oxygen atoms in total. The van der Waals surface area contributed by atoms with Crippen LogP contribution in [-0.2, 0) is 9.47 Å². The first-order chi connectivity index (χ1) is 10.1. The highest BCUT2D eigenvalue weighted by atomic mass is 35.5. The second-order valence-corrected chi connectivity index (χ2v) is 4.68. The highest BCUT2D eigenvalue weighted by Crippen LogP contribution is 2.17. The summed E-state index contributed by atoms with van der Waals surface area (Å²) < 4.78 is 10.6. The molecule has 1 rings (SSSR count). The number of nitrogens with zero attached hydrogens (tertiary/aromatic N) is 2. The Morgan fingerprint density at radius 3 is 2.33 bits per heavy atom. The molecule has 1 aromatic heterocycles. The summed E-state index contributed by atoms with van der Waals surface area (Å²) >= 11 is 5.91. The van der Waals surface area contributed by atoms with Crippen LogP contribution in [0.1, 0.15) is 24.2 Å². The van der Waals surface area contributed by atoms with Crippen LogP contribution in [0.4, 0.5) is 5.82 Å². The van der Waals surface area contributed by atoms with Crippen LogP contribution in [0, 0.1) is 0 Å². The van der Waals surface area contributed by atoms with Gasteiger partial charge in [-0.05, 0) is 19.9 Å². The van der Waals surface area contributed by atoms with E-state index in [0.29, 0.717) is 45.1 Å². The van der Waals surface area contributed by atoms with Crippen LogP contribution >= 0.6 is 11.6 Å². The first kappa shape index (κ1) is 17.7. The summed E-state index contributed by atoms with van der Waals surface area (Å²) in [6.07, 6.45) is 1.43. The number of hydrogen-bond acceptors (Lipinski definition) is 5. The van der Waals surface area contributed by atoms with Crippen LogP contribution < -0.4 is 5.73 Å². The predicted octanol–water partition coefficient (Wildman–Crippen LogP) is 1.83. The van der Waals surface area contributed by atoms with Gasteiger partial charge in [-0.3, -0.25) is 4.79 Å². The standard InChI is InChI=1S/C14H22ClN3O3/c1-3-20-7-5-18(6-8-21-4-2)14(19)11-9-12(15)13(16)17-10-11/h9-10H,3-8H2,1-2H3,(H2,16,17). The van der Waals surface area contributed by atoms with Crippen molar-refractivity contribution in [2.24, 2.45) is 0 Å². The Bertz CT molecular complexity index is 447. The minimum Gasteiger partial charge on any atom is -0.382 e. The molecule has 0 bridgehead atoms. The molecule has 1 heterocycles. The van der Waals surface area contributed by atoms with Crippen molar-refractivity contribution in [1.29, 1.82) is 0 Å². The number of nitrogens with two attached hydrogens (primary N) is 1. The summed E-state index contributed by atoms with van der Waals surface area (Å²) in [4.78, 5) is 18.0. The number of rotatable bonds is 9. The molecule has 0 unspecified atom stereocenters. The number of pyridine rings is 1. The zero-order valence-corrected chi connectivity index (χ0v) is 13.2. The normalized spacial score (nSPS) is 10.6. The van der Waals surface area contributed by atoms with Gasteiger partial charge in [-0.2, -0.15) is 0 Å². The van der Waals surface area contributed by atoms with Crippen LogP contribution in [0.15, 0.2) is 12.3 Å². The molecule has 0 aromatic carbocycles. The van der Waals surface area contributed by atoms with Crippen LogP contribution in [-0.4, -0.2) is 55.3 Å². The highest BCUT2D eigenvalue weighted by molar-refractivity contribution is 6.33. The van der Waals surface area contributed by atoms with Crippen molar-refractivity contribution >= 4 is 23.3 Å². The SMILES string of the molecule is CCOCCN(CCOCC)C(=O)c1cnc(N)c(Cl)c1. The Labute approximate surface area is 130 Å². The Kier molecular flexibility index (Phi) is 8.04. The molecule has 1 aromatic rings. The predicted molar refractivity (Wildman–Crippen MR) is 82.5 cm³/mol. The van der Waals surface area contributed by atoms with Crippen molar-refractivity contribution in [2.45, 2.75) is 13.8 Å². The van der Waals surface area contributed by atoms with E-state index in [1.54, 1.807) is 4.90 Å². The fraction of sp³-hybridized carbons (Fsp3) is 0.571. The van der Waals surface area contributed by atoms with Gasteiger partial charge in [-0.1, -0.05) is 11.6 Å². The average molecular weight is 316 g/mol. The fourth-order valence-corrected chi connectivity index (χ4v) is 1.87. The van der Waals surface area contributed by atoms with E-state index in [9.17, 15) is 4.79 Å². The van der Waals surface area contributed by atoms with E-state index >= 15 is 0 Å². The minimum absolute atomic E-state index is 0.163. The number of aromatic nitrogens is 1. The maximum atomic E-state index is 12.5. The Hall–Kier alpha value is -1.37. The maximum Gasteiger partial charge on any atom is 0.255 e. The first-order valence-corrected chi connectivity index (χ1v) is 7.33. The molecular formula is C14H22ClN3O3. The number of halogens is 1. The number of carbonyl (C=O) groups excluding carboxylic acids is 1. The lowest BCUT2D eigenvalue weighted by Crippen LogP contribution is -2.36. The van der Waals surface area contributed by atoms with Crippen molar-refractivity contribution in [3.05, 3.63) is 22.8 Å². The van der Waals surface area contributed by atoms with Crippen LogP contribution in [0.5, 0.6) is 0 Å². The van der Waals surface area contributed by atoms with E-state index in [1.165, 1.54) is 12.3 Å². The topological polar surface area (TPSA) is 77.7 Å². The van der Waals surface area contributed by atoms with Gasteiger partial charge in [0.15, 0.2) is 0 Å². The molecule has 0 aliphatic rings. The highest BCUT2D eigenvalue weighted by Gasteiger charge is 2.17. The van der Waals surface area contributed by atoms with Gasteiger partial charge in [0.1, 0.15) is 5.82 Å². The van der Waals surface area contributed by atoms with Gasteiger partial charge in [0, 0.05) is 32.5 Å². The Balaban J connectivity index is 2.73. The number of nitrogen functional groups attached to an aromatic ring is 1. The summed E-state index contributed by atoms with van der Waals surface area (Å²) in [7, 11) is 0. The molecule has 0 radical (unpaired) electrons. The molecule has 1 amide bonds. The molecule has 0 spiro atoms. The fourth-order valence-electron chi connectivity index (χ4n) is 1.70. The van der Waals surface area contributed by atoms with Gasteiger partial charge >= 0.3 is 0 Å². The summed E-state index contributed by atoms with van der Waals surface area (Å²) in [6, 6.07) is 1.53. The third-order valence-corrected chi connectivity index (χ3v) is 3.13. The Morgan fingerprint density at radius 1 is 1.29 bits per heavy atom. The quantitative estimate of drug-likeness (QED) is 0.703. The summed E-state index contributed by atoms with van der Waals surface area (Å²) in [5.74, 6) is 0.0483. The van der Waals surface area contributed by atoms with Gasteiger partial charge in [-0.25, -0.2) is 4.98 Å². The molecule has 0 aliphatic carbocycles. The Morgan fingerprint density at radius 2 is 1.86 bits per heavy atom. The molecule has 0 fully saturated rings. The average Bonchev–Trinajstić information content (AvgIpc) is 2.48. The van der Waals surface area contributed by atoms with E-state index in [1.807, 2.05) is 13.8 Å². The van der Waals surface area contributed by atoms with Gasteiger partial charge in [0.2, 0.25) is 0 Å². The van der Waals surface area contributed by atoms with Gasteiger partial charge in [0.25, 0.3) is 5.91 Å². The molecule has 21 heavy (non-hydrogen) atoms. The molecule has 0 saturated carbocycles. The molecule has 0 aliphatic heterocycles.